The molecule has 0 spiro atoms. The van der Waals surface area contributed by atoms with E-state index in [1.807, 2.05) is 24.3 Å². The Labute approximate surface area is 130 Å². The van der Waals surface area contributed by atoms with Gasteiger partial charge in [0, 0.05) is 22.6 Å². The van der Waals surface area contributed by atoms with Crippen molar-refractivity contribution in [2.75, 3.05) is 6.54 Å². The van der Waals surface area contributed by atoms with Crippen LogP contribution in [0.15, 0.2) is 58.3 Å². The number of halogens is 1. The smallest absolute Gasteiger partial charge is 0.267 e. The molecule has 0 saturated heterocycles. The third-order valence-corrected chi connectivity index (χ3v) is 3.27. The van der Waals surface area contributed by atoms with Crippen molar-refractivity contribution in [2.24, 2.45) is 0 Å². The Kier molecular flexibility index (Phi) is 5.05. The van der Waals surface area contributed by atoms with Gasteiger partial charge in [0.15, 0.2) is 0 Å². The second-order valence-electron chi connectivity index (χ2n) is 4.31. The molecule has 0 aliphatic heterocycles. The van der Waals surface area contributed by atoms with E-state index in [4.69, 9.17) is 0 Å². The van der Waals surface area contributed by atoms with Crippen LogP contribution in [-0.4, -0.2) is 22.2 Å². The molecule has 1 heterocycles. The molecule has 1 amide bonds. The minimum atomic E-state index is -0.315. The zero-order valence-electron chi connectivity index (χ0n) is 11.3. The molecule has 21 heavy (non-hydrogen) atoms. The molecule has 2 rings (SSSR count). The van der Waals surface area contributed by atoms with Gasteiger partial charge in [-0.15, -0.1) is 6.58 Å². The second-order valence-corrected chi connectivity index (χ2v) is 5.23. The van der Waals surface area contributed by atoms with Crippen LogP contribution in [0.3, 0.4) is 0 Å². The van der Waals surface area contributed by atoms with Crippen molar-refractivity contribution in [1.82, 2.24) is 15.1 Å². The number of carbonyl (C=O) groups excluding carboxylic acids is 1. The zero-order valence-corrected chi connectivity index (χ0v) is 12.8. The van der Waals surface area contributed by atoms with Crippen LogP contribution in [0.2, 0.25) is 0 Å². The van der Waals surface area contributed by atoms with Gasteiger partial charge in [0.1, 0.15) is 6.54 Å². The molecule has 6 heteroatoms. The van der Waals surface area contributed by atoms with Gasteiger partial charge in [-0.3, -0.25) is 9.59 Å². The lowest BCUT2D eigenvalue weighted by Gasteiger charge is -2.07. The van der Waals surface area contributed by atoms with Crippen molar-refractivity contribution in [3.05, 3.63) is 63.9 Å². The van der Waals surface area contributed by atoms with Crippen molar-refractivity contribution in [3.8, 4) is 11.3 Å². The van der Waals surface area contributed by atoms with Gasteiger partial charge in [0.05, 0.1) is 5.69 Å². The van der Waals surface area contributed by atoms with Crippen molar-refractivity contribution in [2.45, 2.75) is 6.54 Å². The first-order valence-corrected chi connectivity index (χ1v) is 7.11. The number of hydrogen-bond acceptors (Lipinski definition) is 3. The molecular formula is C15H14BrN3O2. The Morgan fingerprint density at radius 2 is 2.00 bits per heavy atom. The van der Waals surface area contributed by atoms with E-state index in [1.54, 1.807) is 12.1 Å². The maximum atomic E-state index is 11.8. The van der Waals surface area contributed by atoms with Crippen LogP contribution >= 0.6 is 15.9 Å². The molecule has 0 atom stereocenters. The molecule has 2 aromatic rings. The van der Waals surface area contributed by atoms with E-state index in [0.29, 0.717) is 12.2 Å². The highest BCUT2D eigenvalue weighted by molar-refractivity contribution is 9.10. The van der Waals surface area contributed by atoms with Crippen LogP contribution < -0.4 is 10.9 Å². The largest absolute Gasteiger partial charge is 0.351 e. The predicted molar refractivity (Wildman–Crippen MR) is 84.8 cm³/mol. The Bertz CT molecular complexity index is 708. The minimum absolute atomic E-state index is 0.114. The lowest BCUT2D eigenvalue weighted by molar-refractivity contribution is -0.121. The molecule has 1 aromatic carbocycles. The standard InChI is InChI=1S/C15H14BrN3O2/c1-2-9-17-14(20)10-19-15(21)8-7-13(18-19)11-3-5-12(16)6-4-11/h2-8H,1,9-10H2,(H,17,20). The van der Waals surface area contributed by atoms with Gasteiger partial charge in [0.2, 0.25) is 5.91 Å². The fraction of sp³-hybridized carbons (Fsp3) is 0.133. The SMILES string of the molecule is C=CCNC(=O)Cn1nc(-c2ccc(Br)cc2)ccc1=O. The molecule has 0 saturated carbocycles. The Balaban J connectivity index is 2.25. The van der Waals surface area contributed by atoms with E-state index >= 15 is 0 Å². The van der Waals surface area contributed by atoms with E-state index in [0.717, 1.165) is 14.7 Å². The normalized spacial score (nSPS) is 10.1. The van der Waals surface area contributed by atoms with Crippen LogP contribution in [0.25, 0.3) is 11.3 Å². The van der Waals surface area contributed by atoms with Gasteiger partial charge < -0.3 is 5.32 Å². The van der Waals surface area contributed by atoms with E-state index in [1.165, 1.54) is 6.07 Å². The fourth-order valence-electron chi connectivity index (χ4n) is 1.71. The first-order valence-electron chi connectivity index (χ1n) is 6.32. The molecule has 1 N–H and O–H groups in total. The number of aromatic nitrogens is 2. The summed E-state index contributed by atoms with van der Waals surface area (Å²) in [6.45, 7) is 3.76. The fourth-order valence-corrected chi connectivity index (χ4v) is 1.98. The summed E-state index contributed by atoms with van der Waals surface area (Å²) in [7, 11) is 0. The van der Waals surface area contributed by atoms with Crippen LogP contribution in [0, 0.1) is 0 Å². The van der Waals surface area contributed by atoms with E-state index in [-0.39, 0.29) is 18.0 Å². The summed E-state index contributed by atoms with van der Waals surface area (Å²) in [5, 5.41) is 6.83. The predicted octanol–water partition coefficient (Wildman–Crippen LogP) is 1.97. The lowest BCUT2D eigenvalue weighted by Crippen LogP contribution is -2.33. The van der Waals surface area contributed by atoms with Crippen LogP contribution in [-0.2, 0) is 11.3 Å². The molecule has 1 aromatic heterocycles. The van der Waals surface area contributed by atoms with Gasteiger partial charge >= 0.3 is 0 Å². The van der Waals surface area contributed by atoms with Crippen LogP contribution in [0.5, 0.6) is 0 Å². The summed E-state index contributed by atoms with van der Waals surface area (Å²) >= 11 is 3.36. The molecule has 0 aliphatic rings. The molecular weight excluding hydrogens is 334 g/mol. The topological polar surface area (TPSA) is 64.0 Å². The maximum absolute atomic E-state index is 11.8. The molecule has 0 unspecified atom stereocenters. The second kappa shape index (κ2) is 6.99. The Morgan fingerprint density at radius 3 is 2.67 bits per heavy atom. The highest BCUT2D eigenvalue weighted by atomic mass is 79.9. The number of hydrogen-bond donors (Lipinski definition) is 1. The lowest BCUT2D eigenvalue weighted by atomic mass is 10.1. The number of nitrogens with one attached hydrogen (secondary N) is 1. The number of nitrogens with zero attached hydrogens (tertiary/aromatic N) is 2. The molecule has 0 fully saturated rings. The van der Waals surface area contributed by atoms with Gasteiger partial charge in [-0.1, -0.05) is 34.1 Å². The van der Waals surface area contributed by atoms with E-state index in [9.17, 15) is 9.59 Å². The Morgan fingerprint density at radius 1 is 1.29 bits per heavy atom. The molecule has 5 nitrogen and oxygen atoms in total. The van der Waals surface area contributed by atoms with Gasteiger partial charge in [-0.2, -0.15) is 5.10 Å². The first-order chi connectivity index (χ1) is 10.1. The summed E-state index contributed by atoms with van der Waals surface area (Å²) in [5.41, 5.74) is 1.20. The quantitative estimate of drug-likeness (QED) is 0.841. The summed E-state index contributed by atoms with van der Waals surface area (Å²) < 4.78 is 2.11. The van der Waals surface area contributed by atoms with Crippen LogP contribution in [0.4, 0.5) is 0 Å². The van der Waals surface area contributed by atoms with Crippen molar-refractivity contribution < 1.29 is 4.79 Å². The zero-order chi connectivity index (χ0) is 15.2. The third kappa shape index (κ3) is 4.13. The summed E-state index contributed by atoms with van der Waals surface area (Å²) in [4.78, 5) is 23.4. The summed E-state index contributed by atoms with van der Waals surface area (Å²) in [6.07, 6.45) is 1.58. The molecule has 108 valence electrons. The summed E-state index contributed by atoms with van der Waals surface area (Å²) in [6, 6.07) is 10.6. The highest BCUT2D eigenvalue weighted by Gasteiger charge is 2.07. The van der Waals surface area contributed by atoms with Gasteiger partial charge in [0.25, 0.3) is 5.56 Å². The highest BCUT2D eigenvalue weighted by Crippen LogP contribution is 2.18. The average molecular weight is 348 g/mol. The average Bonchev–Trinajstić information content (AvgIpc) is 2.48. The third-order valence-electron chi connectivity index (χ3n) is 2.74. The van der Waals surface area contributed by atoms with Gasteiger partial charge in [-0.05, 0) is 18.2 Å². The molecule has 0 bridgehead atoms. The maximum Gasteiger partial charge on any atom is 0.267 e. The van der Waals surface area contributed by atoms with Crippen molar-refractivity contribution >= 4 is 21.8 Å². The monoisotopic (exact) mass is 347 g/mol. The molecule has 0 aliphatic carbocycles. The van der Waals surface area contributed by atoms with Crippen molar-refractivity contribution in [1.29, 1.82) is 0 Å². The number of rotatable bonds is 5. The van der Waals surface area contributed by atoms with E-state index < -0.39 is 0 Å². The van der Waals surface area contributed by atoms with Gasteiger partial charge in [-0.25, -0.2) is 4.68 Å². The van der Waals surface area contributed by atoms with E-state index in [2.05, 4.69) is 32.9 Å². The molecule has 0 radical (unpaired) electrons. The number of carbonyl (C=O) groups is 1. The number of benzene rings is 1. The van der Waals surface area contributed by atoms with Crippen LogP contribution in [0.1, 0.15) is 0 Å². The first kappa shape index (κ1) is 15.2. The minimum Gasteiger partial charge on any atom is -0.351 e. The number of amides is 1. The van der Waals surface area contributed by atoms with Crippen molar-refractivity contribution in [3.63, 3.8) is 0 Å². The summed E-state index contributed by atoms with van der Waals surface area (Å²) in [5.74, 6) is -0.280. The Hall–Kier alpha value is -2.21.